The van der Waals surface area contributed by atoms with Crippen LogP contribution in [0.4, 0.5) is 17.2 Å². The van der Waals surface area contributed by atoms with Gasteiger partial charge in [-0.15, -0.1) is 5.10 Å². The van der Waals surface area contributed by atoms with Crippen LogP contribution in [0.15, 0.2) is 48.9 Å². The van der Waals surface area contributed by atoms with Crippen molar-refractivity contribution in [2.45, 2.75) is 37.6 Å². The van der Waals surface area contributed by atoms with Gasteiger partial charge in [-0.1, -0.05) is 0 Å². The second-order valence-corrected chi connectivity index (χ2v) is 8.09. The third-order valence-electron chi connectivity index (χ3n) is 5.90. The fraction of sp³-hybridized carbons (Fsp3) is 0.318. The molecule has 1 aliphatic carbocycles. The second kappa shape index (κ2) is 7.46. The van der Waals surface area contributed by atoms with Gasteiger partial charge in [-0.25, -0.2) is 14.5 Å². The minimum atomic E-state index is 0.318. The molecule has 0 bridgehead atoms. The molecule has 0 saturated heterocycles. The van der Waals surface area contributed by atoms with Crippen LogP contribution < -0.4 is 16.8 Å². The van der Waals surface area contributed by atoms with E-state index in [1.54, 1.807) is 10.7 Å². The number of fused-ring (bicyclic) bond motifs is 1. The molecule has 0 radical (unpaired) electrons. The van der Waals surface area contributed by atoms with Crippen LogP contribution in [0.3, 0.4) is 0 Å². The molecular formula is C22H26N8. The van der Waals surface area contributed by atoms with Crippen LogP contribution in [0.2, 0.25) is 0 Å². The summed E-state index contributed by atoms with van der Waals surface area (Å²) in [7, 11) is 1.99. The van der Waals surface area contributed by atoms with Gasteiger partial charge in [-0.05, 0) is 49.9 Å². The first kappa shape index (κ1) is 18.6. The number of benzene rings is 1. The normalized spacial score (nSPS) is 19.3. The molecule has 154 valence electrons. The first-order valence-electron chi connectivity index (χ1n) is 10.3. The van der Waals surface area contributed by atoms with E-state index < -0.39 is 0 Å². The van der Waals surface area contributed by atoms with E-state index in [1.807, 2.05) is 42.2 Å². The molecule has 0 atom stereocenters. The van der Waals surface area contributed by atoms with Gasteiger partial charge < -0.3 is 21.4 Å². The van der Waals surface area contributed by atoms with Crippen molar-refractivity contribution in [1.82, 2.24) is 24.1 Å². The summed E-state index contributed by atoms with van der Waals surface area (Å²) in [5.41, 5.74) is 16.8. The number of hydrogen-bond donors (Lipinski definition) is 3. The van der Waals surface area contributed by atoms with Crippen LogP contribution >= 0.6 is 0 Å². The van der Waals surface area contributed by atoms with Gasteiger partial charge in [0.05, 0.1) is 17.6 Å². The lowest BCUT2D eigenvalue weighted by atomic mass is 9.85. The maximum absolute atomic E-state index is 6.06. The Morgan fingerprint density at radius 1 is 1.10 bits per heavy atom. The van der Waals surface area contributed by atoms with Gasteiger partial charge in [0.1, 0.15) is 11.6 Å². The van der Waals surface area contributed by atoms with E-state index >= 15 is 0 Å². The van der Waals surface area contributed by atoms with E-state index in [-0.39, 0.29) is 0 Å². The largest absolute Gasteiger partial charge is 0.382 e. The highest BCUT2D eigenvalue weighted by Gasteiger charge is 2.23. The SMILES string of the molecule is Cn1ccnc1-c1ccc(Nc2cc(N)nn3cc([C@H]4CC[C@H](N)CC4)nc23)cc1. The number of hydrogen-bond acceptors (Lipinski definition) is 6. The van der Waals surface area contributed by atoms with Crippen molar-refractivity contribution in [3.63, 3.8) is 0 Å². The summed E-state index contributed by atoms with van der Waals surface area (Å²) in [6.45, 7) is 0. The molecule has 8 heteroatoms. The fourth-order valence-corrected chi connectivity index (χ4v) is 4.22. The molecule has 0 unspecified atom stereocenters. The average Bonchev–Trinajstić information content (AvgIpc) is 3.35. The van der Waals surface area contributed by atoms with Crippen molar-refractivity contribution in [1.29, 1.82) is 0 Å². The molecule has 8 nitrogen and oxygen atoms in total. The van der Waals surface area contributed by atoms with Crippen molar-refractivity contribution in [2.75, 3.05) is 11.1 Å². The first-order chi connectivity index (χ1) is 14.6. The summed E-state index contributed by atoms with van der Waals surface area (Å²) < 4.78 is 3.78. The summed E-state index contributed by atoms with van der Waals surface area (Å²) in [6, 6.07) is 10.3. The smallest absolute Gasteiger partial charge is 0.177 e. The Bertz CT molecular complexity index is 1170. The molecule has 1 aliphatic rings. The van der Waals surface area contributed by atoms with Crippen LogP contribution in [0.5, 0.6) is 0 Å². The van der Waals surface area contributed by atoms with Crippen LogP contribution in [0.1, 0.15) is 37.3 Å². The third kappa shape index (κ3) is 3.50. The zero-order chi connectivity index (χ0) is 20.7. The summed E-state index contributed by atoms with van der Waals surface area (Å²) in [6.07, 6.45) is 9.96. The van der Waals surface area contributed by atoms with Gasteiger partial charge in [0.25, 0.3) is 0 Å². The molecule has 0 amide bonds. The van der Waals surface area contributed by atoms with Gasteiger partial charge in [-0.3, -0.25) is 0 Å². The Kier molecular flexibility index (Phi) is 4.63. The minimum Gasteiger partial charge on any atom is -0.382 e. The molecule has 5 N–H and O–H groups in total. The minimum absolute atomic E-state index is 0.318. The zero-order valence-corrected chi connectivity index (χ0v) is 17.0. The highest BCUT2D eigenvalue weighted by molar-refractivity contribution is 5.76. The number of rotatable bonds is 4. The topological polar surface area (TPSA) is 112 Å². The van der Waals surface area contributed by atoms with Gasteiger partial charge in [0.15, 0.2) is 5.65 Å². The molecule has 1 saturated carbocycles. The average molecular weight is 403 g/mol. The summed E-state index contributed by atoms with van der Waals surface area (Å²) >= 11 is 0. The molecular weight excluding hydrogens is 376 g/mol. The number of nitrogens with zero attached hydrogens (tertiary/aromatic N) is 5. The number of nitrogens with one attached hydrogen (secondary N) is 1. The Morgan fingerprint density at radius 3 is 2.57 bits per heavy atom. The molecule has 0 spiro atoms. The van der Waals surface area contributed by atoms with E-state index in [9.17, 15) is 0 Å². The molecule has 1 fully saturated rings. The standard InChI is InChI=1S/C22H26N8/c1-29-11-10-25-21(29)15-4-8-17(9-5-15)26-18-12-20(24)28-30-13-19(27-22(18)30)14-2-6-16(23)7-3-14/h4-5,8-14,16,26H,2-3,6-7,23H2,1H3,(H2,24,28)/t14-,16-. The molecule has 5 rings (SSSR count). The first-order valence-corrected chi connectivity index (χ1v) is 10.3. The molecule has 3 heterocycles. The van der Waals surface area contributed by atoms with E-state index in [0.717, 1.165) is 59.8 Å². The predicted molar refractivity (Wildman–Crippen MR) is 119 cm³/mol. The van der Waals surface area contributed by atoms with Crippen molar-refractivity contribution in [3.8, 4) is 11.4 Å². The van der Waals surface area contributed by atoms with Crippen LogP contribution in [-0.2, 0) is 7.05 Å². The highest BCUT2D eigenvalue weighted by Crippen LogP contribution is 2.33. The van der Waals surface area contributed by atoms with Crippen LogP contribution in [-0.4, -0.2) is 30.2 Å². The number of nitrogens with two attached hydrogens (primary N) is 2. The zero-order valence-electron chi connectivity index (χ0n) is 17.0. The maximum atomic E-state index is 6.06. The maximum Gasteiger partial charge on any atom is 0.177 e. The fourth-order valence-electron chi connectivity index (χ4n) is 4.22. The van der Waals surface area contributed by atoms with Crippen LogP contribution in [0, 0.1) is 0 Å². The monoisotopic (exact) mass is 402 g/mol. The lowest BCUT2D eigenvalue weighted by molar-refractivity contribution is 0.391. The number of anilines is 3. The summed E-state index contributed by atoms with van der Waals surface area (Å²) in [5, 5.41) is 7.87. The Morgan fingerprint density at radius 2 is 1.87 bits per heavy atom. The molecule has 30 heavy (non-hydrogen) atoms. The van der Waals surface area contributed by atoms with E-state index in [2.05, 4.69) is 27.5 Å². The van der Waals surface area contributed by atoms with Crippen molar-refractivity contribution < 1.29 is 0 Å². The number of nitrogen functional groups attached to an aromatic ring is 1. The summed E-state index contributed by atoms with van der Waals surface area (Å²) in [5.74, 6) is 1.81. The third-order valence-corrected chi connectivity index (χ3v) is 5.90. The Balaban J connectivity index is 1.43. The van der Waals surface area contributed by atoms with Crippen LogP contribution in [0.25, 0.3) is 17.0 Å². The van der Waals surface area contributed by atoms with Gasteiger partial charge in [-0.2, -0.15) is 0 Å². The van der Waals surface area contributed by atoms with E-state index in [4.69, 9.17) is 16.5 Å². The number of imidazole rings is 2. The molecule has 1 aromatic carbocycles. The molecule has 0 aliphatic heterocycles. The second-order valence-electron chi connectivity index (χ2n) is 8.09. The number of aryl methyl sites for hydroxylation is 1. The summed E-state index contributed by atoms with van der Waals surface area (Å²) in [4.78, 5) is 9.30. The Hall–Kier alpha value is -3.39. The highest BCUT2D eigenvalue weighted by atomic mass is 15.3. The van der Waals surface area contributed by atoms with Gasteiger partial charge >= 0.3 is 0 Å². The molecule has 3 aromatic heterocycles. The number of aromatic nitrogens is 5. The van der Waals surface area contributed by atoms with Crippen molar-refractivity contribution >= 4 is 22.8 Å². The molecule has 4 aromatic rings. The van der Waals surface area contributed by atoms with E-state index in [0.29, 0.717) is 17.8 Å². The Labute approximate surface area is 174 Å². The van der Waals surface area contributed by atoms with Crippen molar-refractivity contribution in [2.24, 2.45) is 12.8 Å². The van der Waals surface area contributed by atoms with Gasteiger partial charge in [0, 0.05) is 48.7 Å². The quantitative estimate of drug-likeness (QED) is 0.482. The van der Waals surface area contributed by atoms with E-state index in [1.165, 1.54) is 0 Å². The predicted octanol–water partition coefficient (Wildman–Crippen LogP) is 3.44. The lowest BCUT2D eigenvalue weighted by Crippen LogP contribution is -2.25. The van der Waals surface area contributed by atoms with Crippen molar-refractivity contribution in [3.05, 3.63) is 54.6 Å². The van der Waals surface area contributed by atoms with Gasteiger partial charge in [0.2, 0.25) is 0 Å². The lowest BCUT2D eigenvalue weighted by Gasteiger charge is -2.24.